The topological polar surface area (TPSA) is 3.24 Å². The van der Waals surface area contributed by atoms with Crippen LogP contribution in [0.25, 0.3) is 0 Å². The fraction of sp³-hybridized carbons (Fsp3) is 0.692. The highest BCUT2D eigenvalue weighted by atomic mass is 15.1. The van der Waals surface area contributed by atoms with Gasteiger partial charge in [0.1, 0.15) is 0 Å². The van der Waals surface area contributed by atoms with E-state index in [9.17, 15) is 0 Å². The van der Waals surface area contributed by atoms with Crippen molar-refractivity contribution < 1.29 is 0 Å². The molecular weight excluding hydrogens is 170 g/mol. The van der Waals surface area contributed by atoms with Crippen molar-refractivity contribution in [3.05, 3.63) is 24.3 Å². The molecule has 0 heterocycles. The molecule has 0 aliphatic heterocycles. The van der Waals surface area contributed by atoms with E-state index in [4.69, 9.17) is 0 Å². The summed E-state index contributed by atoms with van der Waals surface area (Å²) in [5, 5.41) is 0. The van der Waals surface area contributed by atoms with Crippen LogP contribution in [0.15, 0.2) is 24.3 Å². The molecule has 0 spiro atoms. The minimum absolute atomic E-state index is 0.338. The van der Waals surface area contributed by atoms with Crippen LogP contribution in [0, 0.1) is 5.41 Å². The third-order valence-electron chi connectivity index (χ3n) is 1.68. The summed E-state index contributed by atoms with van der Waals surface area (Å²) in [6, 6.07) is 0. The van der Waals surface area contributed by atoms with E-state index in [1.807, 2.05) is 0 Å². The van der Waals surface area contributed by atoms with E-state index < -0.39 is 0 Å². The quantitative estimate of drug-likeness (QED) is 0.607. The smallest absolute Gasteiger partial charge is 0.0191 e. The zero-order chi connectivity index (χ0) is 11.4. The van der Waals surface area contributed by atoms with Crippen molar-refractivity contribution in [2.45, 2.75) is 34.6 Å². The molecule has 0 bridgehead atoms. The van der Waals surface area contributed by atoms with Gasteiger partial charge < -0.3 is 0 Å². The van der Waals surface area contributed by atoms with Gasteiger partial charge in [-0.1, -0.05) is 45.1 Å². The Morgan fingerprint density at radius 3 is 1.57 bits per heavy atom. The highest BCUT2D eigenvalue weighted by molar-refractivity contribution is 4.98. The molecule has 0 aliphatic carbocycles. The van der Waals surface area contributed by atoms with Crippen LogP contribution in [0.5, 0.6) is 0 Å². The Balaban J connectivity index is 4.24. The van der Waals surface area contributed by atoms with Crippen molar-refractivity contribution in [1.82, 2.24) is 4.90 Å². The SMILES string of the molecule is C=C(C)CN(CC(=C)C)CC(C)(C)C. The second-order valence-corrected chi connectivity index (χ2v) is 5.62. The van der Waals surface area contributed by atoms with Gasteiger partial charge in [0.25, 0.3) is 0 Å². The first-order valence-electron chi connectivity index (χ1n) is 5.22. The number of nitrogens with zero attached hydrogens (tertiary/aromatic N) is 1. The summed E-state index contributed by atoms with van der Waals surface area (Å²) < 4.78 is 0. The molecule has 0 amide bonds. The molecule has 82 valence electrons. The lowest BCUT2D eigenvalue weighted by Gasteiger charge is -2.30. The van der Waals surface area contributed by atoms with Crippen LogP contribution < -0.4 is 0 Å². The summed E-state index contributed by atoms with van der Waals surface area (Å²) in [5.41, 5.74) is 2.77. The van der Waals surface area contributed by atoms with E-state index in [-0.39, 0.29) is 0 Å². The molecule has 0 atom stereocenters. The van der Waals surface area contributed by atoms with Crippen LogP contribution in [-0.2, 0) is 0 Å². The maximum Gasteiger partial charge on any atom is 0.0191 e. The van der Waals surface area contributed by atoms with Gasteiger partial charge in [-0.2, -0.15) is 0 Å². The average Bonchev–Trinajstić information content (AvgIpc) is 1.77. The van der Waals surface area contributed by atoms with Gasteiger partial charge in [-0.25, -0.2) is 0 Å². The first kappa shape index (κ1) is 13.4. The lowest BCUT2D eigenvalue weighted by molar-refractivity contribution is 0.218. The maximum absolute atomic E-state index is 3.96. The largest absolute Gasteiger partial charge is 0.295 e. The van der Waals surface area contributed by atoms with Crippen LogP contribution in [0.4, 0.5) is 0 Å². The van der Waals surface area contributed by atoms with E-state index in [2.05, 4.69) is 52.7 Å². The summed E-state index contributed by atoms with van der Waals surface area (Å²) in [7, 11) is 0. The first-order chi connectivity index (χ1) is 6.20. The Morgan fingerprint density at radius 2 is 1.36 bits per heavy atom. The predicted molar refractivity (Wildman–Crippen MR) is 65.5 cm³/mol. The van der Waals surface area contributed by atoms with Gasteiger partial charge in [-0.15, -0.1) is 0 Å². The minimum Gasteiger partial charge on any atom is -0.295 e. The van der Waals surface area contributed by atoms with Crippen molar-refractivity contribution in [1.29, 1.82) is 0 Å². The molecule has 0 aromatic heterocycles. The van der Waals surface area contributed by atoms with Crippen LogP contribution in [-0.4, -0.2) is 24.5 Å². The predicted octanol–water partition coefficient (Wildman–Crippen LogP) is 3.49. The molecule has 0 saturated carbocycles. The summed E-state index contributed by atoms with van der Waals surface area (Å²) in [5.74, 6) is 0. The fourth-order valence-corrected chi connectivity index (χ4v) is 1.60. The molecule has 1 nitrogen and oxygen atoms in total. The summed E-state index contributed by atoms with van der Waals surface area (Å²) >= 11 is 0. The second-order valence-electron chi connectivity index (χ2n) is 5.62. The molecule has 0 aromatic carbocycles. The molecule has 0 fully saturated rings. The zero-order valence-corrected chi connectivity index (χ0v) is 10.5. The zero-order valence-electron chi connectivity index (χ0n) is 10.5. The molecule has 0 aliphatic rings. The van der Waals surface area contributed by atoms with Gasteiger partial charge in [-0.05, 0) is 19.3 Å². The van der Waals surface area contributed by atoms with Gasteiger partial charge in [0.05, 0.1) is 0 Å². The second kappa shape index (κ2) is 5.35. The molecule has 14 heavy (non-hydrogen) atoms. The van der Waals surface area contributed by atoms with E-state index in [0.717, 1.165) is 19.6 Å². The minimum atomic E-state index is 0.338. The van der Waals surface area contributed by atoms with Gasteiger partial charge >= 0.3 is 0 Å². The third-order valence-corrected chi connectivity index (χ3v) is 1.68. The van der Waals surface area contributed by atoms with Crippen molar-refractivity contribution in [3.63, 3.8) is 0 Å². The van der Waals surface area contributed by atoms with Gasteiger partial charge in [0, 0.05) is 19.6 Å². The highest BCUT2D eigenvalue weighted by Gasteiger charge is 2.16. The Morgan fingerprint density at radius 1 is 1.00 bits per heavy atom. The van der Waals surface area contributed by atoms with Gasteiger partial charge in [0.2, 0.25) is 0 Å². The highest BCUT2D eigenvalue weighted by Crippen LogP contribution is 2.16. The van der Waals surface area contributed by atoms with Gasteiger partial charge in [0.15, 0.2) is 0 Å². The number of rotatable bonds is 5. The Hall–Kier alpha value is -0.560. The number of hydrogen-bond acceptors (Lipinski definition) is 1. The van der Waals surface area contributed by atoms with Crippen molar-refractivity contribution in [2.75, 3.05) is 19.6 Å². The molecular formula is C13H25N. The van der Waals surface area contributed by atoms with E-state index in [1.165, 1.54) is 11.1 Å². The molecule has 0 radical (unpaired) electrons. The monoisotopic (exact) mass is 195 g/mol. The molecule has 0 saturated heterocycles. The number of hydrogen-bond donors (Lipinski definition) is 0. The third kappa shape index (κ3) is 8.06. The molecule has 0 aromatic rings. The van der Waals surface area contributed by atoms with E-state index in [0.29, 0.717) is 5.41 Å². The average molecular weight is 195 g/mol. The van der Waals surface area contributed by atoms with Crippen molar-refractivity contribution in [3.8, 4) is 0 Å². The molecule has 0 rings (SSSR count). The normalized spacial score (nSPS) is 11.9. The standard InChI is InChI=1S/C13H25N/c1-11(2)8-14(9-12(3)4)10-13(5,6)7/h1,3,8-10H2,2,4-7H3. The molecule has 1 heteroatoms. The summed E-state index contributed by atoms with van der Waals surface area (Å²) in [6.45, 7) is 21.9. The Bertz CT molecular complexity index is 192. The Labute approximate surface area is 89.5 Å². The van der Waals surface area contributed by atoms with Crippen LogP contribution in [0.2, 0.25) is 0 Å². The molecule has 0 unspecified atom stereocenters. The lowest BCUT2D eigenvalue weighted by atomic mass is 9.95. The van der Waals surface area contributed by atoms with Crippen LogP contribution in [0.3, 0.4) is 0 Å². The van der Waals surface area contributed by atoms with Gasteiger partial charge in [-0.3, -0.25) is 4.90 Å². The Kier molecular flexibility index (Phi) is 5.14. The maximum atomic E-state index is 3.96. The lowest BCUT2D eigenvalue weighted by Crippen LogP contribution is -2.34. The van der Waals surface area contributed by atoms with Crippen LogP contribution in [0.1, 0.15) is 34.6 Å². The first-order valence-corrected chi connectivity index (χ1v) is 5.22. The fourth-order valence-electron chi connectivity index (χ4n) is 1.60. The van der Waals surface area contributed by atoms with E-state index >= 15 is 0 Å². The van der Waals surface area contributed by atoms with Crippen molar-refractivity contribution in [2.24, 2.45) is 5.41 Å². The van der Waals surface area contributed by atoms with E-state index in [1.54, 1.807) is 0 Å². The van der Waals surface area contributed by atoms with Crippen molar-refractivity contribution >= 4 is 0 Å². The van der Waals surface area contributed by atoms with Crippen LogP contribution >= 0.6 is 0 Å². The summed E-state index contributed by atoms with van der Waals surface area (Å²) in [6.07, 6.45) is 0. The molecule has 0 N–H and O–H groups in total. The summed E-state index contributed by atoms with van der Waals surface area (Å²) in [4.78, 5) is 2.41.